The molecule has 0 saturated heterocycles. The average molecular weight is 536 g/mol. The van der Waals surface area contributed by atoms with Crippen LogP contribution >= 0.6 is 0 Å². The predicted octanol–water partition coefficient (Wildman–Crippen LogP) is -0.502. The molecule has 0 atom stereocenters. The Hall–Kier alpha value is -3.61. The molecule has 4 rings (SSSR count). The third-order valence-electron chi connectivity index (χ3n) is 5.58. The van der Waals surface area contributed by atoms with Crippen molar-refractivity contribution < 1.29 is 61.8 Å². The minimum absolute atomic E-state index is 0.395. The first-order valence-corrected chi connectivity index (χ1v) is 12.1. The third kappa shape index (κ3) is 6.04. The molecule has 4 aromatic rings. The second kappa shape index (κ2) is 11.2. The number of nitrogens with zero attached hydrogens (tertiary/aromatic N) is 1. The van der Waals surface area contributed by atoms with Crippen LogP contribution in [0.4, 0.5) is 0 Å². The number of halogens is 1. The Morgan fingerprint density at radius 3 is 1.62 bits per heavy atom. The van der Waals surface area contributed by atoms with Gasteiger partial charge in [0.05, 0.1) is 45.3 Å². The molecular formula is C25H26ClNO10. The maximum absolute atomic E-state index is 11.9. The van der Waals surface area contributed by atoms with Crippen molar-refractivity contribution in [1.29, 1.82) is 0 Å². The molecule has 0 radical (unpaired) electrons. The van der Waals surface area contributed by atoms with Crippen molar-refractivity contribution in [2.45, 2.75) is 20.3 Å². The second-order valence-corrected chi connectivity index (χ2v) is 8.46. The number of fused-ring (bicyclic) bond motifs is 4. The monoisotopic (exact) mass is 535 g/mol. The Kier molecular flexibility index (Phi) is 8.46. The predicted molar refractivity (Wildman–Crippen MR) is 122 cm³/mol. The number of esters is 1. The maximum Gasteiger partial charge on any atom is 0.382 e. The Bertz CT molecular complexity index is 1460. The van der Waals surface area contributed by atoms with Crippen molar-refractivity contribution in [2.24, 2.45) is 0 Å². The van der Waals surface area contributed by atoms with E-state index in [2.05, 4.69) is 13.0 Å². The van der Waals surface area contributed by atoms with Gasteiger partial charge in [-0.25, -0.2) is 18.6 Å². The first-order valence-electron chi connectivity index (χ1n) is 10.9. The first-order chi connectivity index (χ1) is 17.4. The summed E-state index contributed by atoms with van der Waals surface area (Å²) in [6.07, 6.45) is 0.695. The Morgan fingerprint density at radius 1 is 0.757 bits per heavy atom. The molecule has 2 aromatic carbocycles. The topological polar surface area (TPSA) is 160 Å². The van der Waals surface area contributed by atoms with Crippen LogP contribution in [0.1, 0.15) is 19.5 Å². The van der Waals surface area contributed by atoms with E-state index in [1.54, 1.807) is 28.4 Å². The molecule has 0 bridgehead atoms. The van der Waals surface area contributed by atoms with Gasteiger partial charge in [-0.05, 0) is 29.7 Å². The molecule has 0 spiro atoms. The van der Waals surface area contributed by atoms with E-state index in [4.69, 9.17) is 42.3 Å². The van der Waals surface area contributed by atoms with Crippen LogP contribution in [-0.2, 0) is 11.2 Å². The number of ether oxygens (including phenoxy) is 5. The standard InChI is InChI=1S/C25H26NO6.ClHO4/c1-7-19-17-12-23(30-5)21(28-3)9-15(17)8-20-18-13-24(31-6)22(29-4)10-16(18)11-25(26(19)20)32-14(2)27;2-1(3,4)5/h8-13H,7H2,1-6H3;(H,2,3,4,5)/q+1;/p-1. The van der Waals surface area contributed by atoms with Gasteiger partial charge < -0.3 is 23.7 Å². The van der Waals surface area contributed by atoms with Gasteiger partial charge in [-0.2, -0.15) is 0 Å². The normalized spacial score (nSPS) is 11.2. The summed E-state index contributed by atoms with van der Waals surface area (Å²) in [6.45, 7) is 3.46. The minimum atomic E-state index is -4.94. The van der Waals surface area contributed by atoms with Crippen LogP contribution in [0.15, 0.2) is 36.4 Å². The zero-order valence-electron chi connectivity index (χ0n) is 21.1. The molecule has 2 heterocycles. The van der Waals surface area contributed by atoms with Crippen molar-refractivity contribution in [1.82, 2.24) is 0 Å². The van der Waals surface area contributed by atoms with Gasteiger partial charge in [0.25, 0.3) is 0 Å². The Balaban J connectivity index is 0.000000695. The molecule has 0 fully saturated rings. The van der Waals surface area contributed by atoms with Crippen LogP contribution < -0.4 is 46.7 Å². The van der Waals surface area contributed by atoms with Crippen molar-refractivity contribution in [3.05, 3.63) is 42.1 Å². The molecule has 0 saturated carbocycles. The lowest BCUT2D eigenvalue weighted by molar-refractivity contribution is -2.00. The summed E-state index contributed by atoms with van der Waals surface area (Å²) in [4.78, 5) is 11.9. The smallest absolute Gasteiger partial charge is 0.382 e. The van der Waals surface area contributed by atoms with E-state index >= 15 is 0 Å². The number of rotatable bonds is 6. The van der Waals surface area contributed by atoms with Crippen LogP contribution in [0.25, 0.3) is 27.1 Å². The number of aryl methyl sites for hydroxylation is 1. The van der Waals surface area contributed by atoms with Crippen LogP contribution in [0.2, 0.25) is 0 Å². The summed E-state index contributed by atoms with van der Waals surface area (Å²) < 4.78 is 63.7. The number of carbonyl (C=O) groups is 1. The molecule has 0 aliphatic carbocycles. The highest BCUT2D eigenvalue weighted by atomic mass is 35.7. The summed E-state index contributed by atoms with van der Waals surface area (Å²) in [5.41, 5.74) is 1.85. The summed E-state index contributed by atoms with van der Waals surface area (Å²) in [5, 5.41) is 3.76. The van der Waals surface area contributed by atoms with Gasteiger partial charge in [0, 0.05) is 24.8 Å². The number of benzene rings is 2. The zero-order chi connectivity index (χ0) is 27.5. The molecular weight excluding hydrogens is 510 g/mol. The van der Waals surface area contributed by atoms with Gasteiger partial charge in [-0.1, -0.05) is 6.92 Å². The summed E-state index contributed by atoms with van der Waals surface area (Å²) in [5.74, 6) is 2.53. The summed E-state index contributed by atoms with van der Waals surface area (Å²) in [7, 11) is 1.48. The Morgan fingerprint density at radius 2 is 1.19 bits per heavy atom. The lowest BCUT2D eigenvalue weighted by Crippen LogP contribution is -2.68. The highest BCUT2D eigenvalue weighted by Crippen LogP contribution is 2.38. The minimum Gasteiger partial charge on any atom is -0.493 e. The first kappa shape index (κ1) is 28.0. The van der Waals surface area contributed by atoms with E-state index in [0.29, 0.717) is 35.3 Å². The van der Waals surface area contributed by atoms with Crippen LogP contribution in [0, 0.1) is 10.2 Å². The third-order valence-corrected chi connectivity index (χ3v) is 5.58. The largest absolute Gasteiger partial charge is 0.493 e. The van der Waals surface area contributed by atoms with Crippen molar-refractivity contribution in [3.8, 4) is 28.9 Å². The lowest BCUT2D eigenvalue weighted by atomic mass is 10.0. The van der Waals surface area contributed by atoms with Gasteiger partial charge in [-0.3, -0.25) is 4.79 Å². The molecule has 11 nitrogen and oxygen atoms in total. The van der Waals surface area contributed by atoms with Gasteiger partial charge in [-0.15, -0.1) is 14.6 Å². The van der Waals surface area contributed by atoms with Crippen molar-refractivity contribution in [3.63, 3.8) is 0 Å². The van der Waals surface area contributed by atoms with Crippen LogP contribution in [-0.4, -0.2) is 34.4 Å². The van der Waals surface area contributed by atoms with Crippen LogP contribution in [0.5, 0.6) is 28.9 Å². The molecule has 0 aliphatic rings. The van der Waals surface area contributed by atoms with Crippen molar-refractivity contribution >= 4 is 33.0 Å². The molecule has 198 valence electrons. The lowest BCUT2D eigenvalue weighted by Gasteiger charge is -2.17. The fourth-order valence-corrected chi connectivity index (χ4v) is 4.20. The molecule has 0 amide bonds. The van der Waals surface area contributed by atoms with Gasteiger partial charge in [0.2, 0.25) is 5.52 Å². The quantitative estimate of drug-likeness (QED) is 0.136. The van der Waals surface area contributed by atoms with E-state index in [1.165, 1.54) is 6.92 Å². The number of pyridine rings is 2. The molecule has 0 unspecified atom stereocenters. The summed E-state index contributed by atoms with van der Waals surface area (Å²) in [6, 6.07) is 11.6. The number of carbonyl (C=O) groups excluding carboxylic acids is 1. The fourth-order valence-electron chi connectivity index (χ4n) is 4.20. The second-order valence-electron chi connectivity index (χ2n) is 7.71. The number of methoxy groups -OCH3 is 4. The molecule has 0 N–H and O–H groups in total. The average Bonchev–Trinajstić information content (AvgIpc) is 2.84. The van der Waals surface area contributed by atoms with Gasteiger partial charge in [0.1, 0.15) is 0 Å². The van der Waals surface area contributed by atoms with E-state index in [-0.39, 0.29) is 0 Å². The van der Waals surface area contributed by atoms with Crippen LogP contribution in [0.3, 0.4) is 0 Å². The van der Waals surface area contributed by atoms with Gasteiger partial charge >= 0.3 is 11.8 Å². The highest BCUT2D eigenvalue weighted by Gasteiger charge is 2.26. The number of hydrogen-bond acceptors (Lipinski definition) is 10. The van der Waals surface area contributed by atoms with E-state index in [0.717, 1.165) is 32.8 Å². The van der Waals surface area contributed by atoms with Gasteiger partial charge in [0.15, 0.2) is 28.7 Å². The molecule has 2 aromatic heterocycles. The molecule has 37 heavy (non-hydrogen) atoms. The van der Waals surface area contributed by atoms with E-state index < -0.39 is 16.2 Å². The SMILES string of the molecule is CCc1c2cc(OC)c(OC)cc2cc2c3cc(OC)c(OC)cc3cc(OC(C)=O)[n+]12.[O-][Cl+3]([O-])([O-])[O-]. The maximum atomic E-state index is 11.9. The Labute approximate surface area is 214 Å². The van der Waals surface area contributed by atoms with E-state index in [9.17, 15) is 4.79 Å². The molecule has 12 heteroatoms. The molecule has 0 aliphatic heterocycles. The fraction of sp³-hybridized carbons (Fsp3) is 0.280. The number of aromatic nitrogens is 1. The number of hydrogen-bond donors (Lipinski definition) is 0. The zero-order valence-corrected chi connectivity index (χ0v) is 21.8. The van der Waals surface area contributed by atoms with E-state index in [1.807, 2.05) is 34.7 Å². The summed E-state index contributed by atoms with van der Waals surface area (Å²) >= 11 is 0. The van der Waals surface area contributed by atoms with Crippen molar-refractivity contribution in [2.75, 3.05) is 28.4 Å². The highest BCUT2D eigenvalue weighted by molar-refractivity contribution is 6.00.